The van der Waals surface area contributed by atoms with Crippen LogP contribution in [0.15, 0.2) is 36.4 Å². The Morgan fingerprint density at radius 3 is 2.71 bits per heavy atom. The average Bonchev–Trinajstić information content (AvgIpc) is 3.28. The summed E-state index contributed by atoms with van der Waals surface area (Å²) in [4.78, 5) is 25.6. The average molecular weight is 378 g/mol. The number of carbonyl (C=O) groups is 2. The second-order valence-electron chi connectivity index (χ2n) is 6.48. The van der Waals surface area contributed by atoms with Crippen LogP contribution < -0.4 is 14.2 Å². The van der Waals surface area contributed by atoms with Gasteiger partial charge in [0.2, 0.25) is 6.79 Å². The fourth-order valence-electron chi connectivity index (χ4n) is 3.73. The predicted molar refractivity (Wildman–Crippen MR) is 99.6 cm³/mol. The van der Waals surface area contributed by atoms with Gasteiger partial charge in [0.25, 0.3) is 0 Å². The lowest BCUT2D eigenvalue weighted by molar-refractivity contribution is -0.143. The minimum absolute atomic E-state index is 0.100. The summed E-state index contributed by atoms with van der Waals surface area (Å²) in [6.07, 6.45) is 5.76. The lowest BCUT2D eigenvalue weighted by Gasteiger charge is -2.21. The van der Waals surface area contributed by atoms with Crippen LogP contribution in [0.3, 0.4) is 0 Å². The van der Waals surface area contributed by atoms with Gasteiger partial charge in [-0.3, -0.25) is 9.59 Å². The number of methoxy groups -OCH3 is 1. The van der Waals surface area contributed by atoms with Crippen molar-refractivity contribution in [3.63, 3.8) is 0 Å². The van der Waals surface area contributed by atoms with Crippen LogP contribution in [-0.2, 0) is 9.53 Å². The van der Waals surface area contributed by atoms with Crippen molar-refractivity contribution in [2.75, 3.05) is 20.5 Å². The van der Waals surface area contributed by atoms with E-state index in [-0.39, 0.29) is 12.6 Å². The van der Waals surface area contributed by atoms with Crippen LogP contribution in [0.2, 0.25) is 0 Å². The maximum atomic E-state index is 13.1. The van der Waals surface area contributed by atoms with Gasteiger partial charge in [-0.15, -0.1) is 12.3 Å². The van der Waals surface area contributed by atoms with Gasteiger partial charge < -0.3 is 18.9 Å². The molecule has 0 spiro atoms. The molecule has 2 atom stereocenters. The van der Waals surface area contributed by atoms with E-state index >= 15 is 0 Å². The molecule has 0 amide bonds. The molecule has 4 rings (SSSR count). The number of para-hydroxylation sites is 1. The Labute approximate surface area is 162 Å². The van der Waals surface area contributed by atoms with Crippen LogP contribution in [0, 0.1) is 18.3 Å². The van der Waals surface area contributed by atoms with Crippen LogP contribution >= 0.6 is 0 Å². The molecule has 6 nitrogen and oxygen atoms in total. The van der Waals surface area contributed by atoms with E-state index in [9.17, 15) is 9.59 Å². The first kappa shape index (κ1) is 17.9. The zero-order chi connectivity index (χ0) is 19.7. The van der Waals surface area contributed by atoms with Crippen LogP contribution in [0.25, 0.3) is 0 Å². The Morgan fingerprint density at radius 1 is 1.21 bits per heavy atom. The summed E-state index contributed by atoms with van der Waals surface area (Å²) in [6.45, 7) is 0.439. The van der Waals surface area contributed by atoms with Crippen molar-refractivity contribution in [2.24, 2.45) is 5.92 Å². The first-order valence-corrected chi connectivity index (χ1v) is 8.86. The molecule has 0 saturated carbocycles. The molecule has 0 N–H and O–H groups in total. The monoisotopic (exact) mass is 378 g/mol. The fraction of sp³-hybridized carbons (Fsp3) is 0.273. The van der Waals surface area contributed by atoms with Gasteiger partial charge in [-0.2, -0.15) is 0 Å². The zero-order valence-electron chi connectivity index (χ0n) is 15.3. The van der Waals surface area contributed by atoms with Crippen molar-refractivity contribution >= 4 is 11.8 Å². The number of rotatable bonds is 5. The second kappa shape index (κ2) is 7.28. The largest absolute Gasteiger partial charge is 0.492 e. The number of hydrogen-bond donors (Lipinski definition) is 0. The molecule has 2 aliphatic rings. The standard InChI is InChI=1S/C22H18O6/c1-3-4-9-26-16-8-6-5-7-13(16)19-14-10-17-18(28-12-27-17)11-15(14)21(23)20(19)22(24)25-2/h1,5-8,10-11,19-20H,4,9,12H2,2H3/t19-,20+/m0/s1. The highest BCUT2D eigenvalue weighted by Gasteiger charge is 2.47. The first-order valence-electron chi connectivity index (χ1n) is 8.86. The van der Waals surface area contributed by atoms with Crippen molar-refractivity contribution in [1.29, 1.82) is 0 Å². The summed E-state index contributed by atoms with van der Waals surface area (Å²) in [6, 6.07) is 10.7. The molecule has 0 unspecified atom stereocenters. The third-order valence-corrected chi connectivity index (χ3v) is 4.97. The number of ketones is 1. The highest BCUT2D eigenvalue weighted by molar-refractivity contribution is 6.14. The molecule has 0 radical (unpaired) electrons. The molecule has 0 saturated heterocycles. The molecular weight excluding hydrogens is 360 g/mol. The smallest absolute Gasteiger partial charge is 0.317 e. The molecule has 142 valence electrons. The van der Waals surface area contributed by atoms with E-state index in [2.05, 4.69) is 5.92 Å². The number of carbonyl (C=O) groups excluding carboxylic acids is 2. The Morgan fingerprint density at radius 2 is 1.96 bits per heavy atom. The van der Waals surface area contributed by atoms with Crippen LogP contribution in [-0.4, -0.2) is 32.3 Å². The molecule has 0 aromatic heterocycles. The summed E-state index contributed by atoms with van der Waals surface area (Å²) < 4.78 is 21.6. The van der Waals surface area contributed by atoms with E-state index in [1.165, 1.54) is 7.11 Å². The van der Waals surface area contributed by atoms with Gasteiger partial charge in [-0.05, 0) is 23.8 Å². The molecule has 0 fully saturated rings. The molecule has 2 aromatic carbocycles. The third kappa shape index (κ3) is 2.85. The van der Waals surface area contributed by atoms with Crippen molar-refractivity contribution in [3.05, 3.63) is 53.1 Å². The van der Waals surface area contributed by atoms with Gasteiger partial charge in [0, 0.05) is 23.5 Å². The molecule has 1 heterocycles. The van der Waals surface area contributed by atoms with Gasteiger partial charge >= 0.3 is 5.97 Å². The van der Waals surface area contributed by atoms with E-state index in [0.29, 0.717) is 41.4 Å². The van der Waals surface area contributed by atoms with Gasteiger partial charge in [0.05, 0.1) is 13.7 Å². The second-order valence-corrected chi connectivity index (χ2v) is 6.48. The van der Waals surface area contributed by atoms with E-state index in [0.717, 1.165) is 5.56 Å². The highest BCUT2D eigenvalue weighted by Crippen LogP contribution is 2.49. The molecule has 0 bridgehead atoms. The van der Waals surface area contributed by atoms with E-state index < -0.39 is 17.8 Å². The maximum Gasteiger partial charge on any atom is 0.317 e. The summed E-state index contributed by atoms with van der Waals surface area (Å²) in [5.41, 5.74) is 1.85. The number of ether oxygens (including phenoxy) is 4. The zero-order valence-corrected chi connectivity index (χ0v) is 15.3. The minimum Gasteiger partial charge on any atom is -0.492 e. The normalized spacial score (nSPS) is 19.1. The fourth-order valence-corrected chi connectivity index (χ4v) is 3.73. The Bertz CT molecular complexity index is 987. The van der Waals surface area contributed by atoms with Gasteiger partial charge in [-0.25, -0.2) is 0 Å². The molecule has 2 aromatic rings. The third-order valence-electron chi connectivity index (χ3n) is 4.97. The summed E-state index contributed by atoms with van der Waals surface area (Å²) in [7, 11) is 1.27. The number of fused-ring (bicyclic) bond motifs is 2. The first-order chi connectivity index (χ1) is 13.7. The highest BCUT2D eigenvalue weighted by atomic mass is 16.7. The minimum atomic E-state index is -1.00. The SMILES string of the molecule is C#CCCOc1ccccc1[C@H]1c2cc3c(cc2C(=O)[C@@H]1C(=O)OC)OCO3. The van der Waals surface area contributed by atoms with Crippen LogP contribution in [0.4, 0.5) is 0 Å². The van der Waals surface area contributed by atoms with Crippen LogP contribution in [0.1, 0.15) is 33.8 Å². The molecule has 6 heteroatoms. The number of hydrogen-bond acceptors (Lipinski definition) is 6. The number of benzene rings is 2. The van der Waals surface area contributed by atoms with Crippen molar-refractivity contribution in [1.82, 2.24) is 0 Å². The van der Waals surface area contributed by atoms with E-state index in [4.69, 9.17) is 25.4 Å². The summed E-state index contributed by atoms with van der Waals surface area (Å²) in [5.74, 6) is 1.71. The molecule has 28 heavy (non-hydrogen) atoms. The van der Waals surface area contributed by atoms with Gasteiger partial charge in [-0.1, -0.05) is 18.2 Å². The Hall–Kier alpha value is -3.46. The lowest BCUT2D eigenvalue weighted by atomic mass is 9.85. The predicted octanol–water partition coefficient (Wildman–Crippen LogP) is 2.93. The van der Waals surface area contributed by atoms with Crippen molar-refractivity contribution < 1.29 is 28.5 Å². The maximum absolute atomic E-state index is 13.1. The summed E-state index contributed by atoms with van der Waals surface area (Å²) >= 11 is 0. The van der Waals surface area contributed by atoms with Gasteiger partial charge in [0.15, 0.2) is 17.3 Å². The van der Waals surface area contributed by atoms with E-state index in [1.54, 1.807) is 18.2 Å². The summed E-state index contributed by atoms with van der Waals surface area (Å²) in [5, 5.41) is 0. The molecule has 1 aliphatic heterocycles. The quantitative estimate of drug-likeness (QED) is 0.345. The number of esters is 1. The van der Waals surface area contributed by atoms with Gasteiger partial charge in [0.1, 0.15) is 11.7 Å². The van der Waals surface area contributed by atoms with Crippen LogP contribution in [0.5, 0.6) is 17.2 Å². The lowest BCUT2D eigenvalue weighted by Crippen LogP contribution is -2.26. The number of Topliss-reactive ketones (excluding diaryl/α,β-unsaturated/α-hetero) is 1. The van der Waals surface area contributed by atoms with Crippen molar-refractivity contribution in [2.45, 2.75) is 12.3 Å². The van der Waals surface area contributed by atoms with Crippen molar-refractivity contribution in [3.8, 4) is 29.6 Å². The Balaban J connectivity index is 1.84. The topological polar surface area (TPSA) is 71.1 Å². The number of terminal acetylenes is 1. The van der Waals surface area contributed by atoms with E-state index in [1.807, 2.05) is 18.2 Å². The molecule has 1 aliphatic carbocycles. The Kier molecular flexibility index (Phi) is 4.66. The molecular formula is C22H18O6.